The Labute approximate surface area is 164 Å². The quantitative estimate of drug-likeness (QED) is 0.399. The van der Waals surface area contributed by atoms with E-state index in [9.17, 15) is 19.5 Å². The van der Waals surface area contributed by atoms with Crippen molar-refractivity contribution in [2.45, 2.75) is 19.6 Å². The molecule has 0 amide bonds. The lowest BCUT2D eigenvalue weighted by molar-refractivity contribution is -0.134. The lowest BCUT2D eigenvalue weighted by Gasteiger charge is -2.15. The topological polar surface area (TPSA) is 151 Å². The first kappa shape index (κ1) is 20.1. The molecule has 1 aromatic carbocycles. The summed E-state index contributed by atoms with van der Waals surface area (Å²) in [5, 5.41) is 21.9. The Morgan fingerprint density at radius 2 is 2.00 bits per heavy atom. The molecule has 0 spiro atoms. The van der Waals surface area contributed by atoms with Crippen molar-refractivity contribution in [3.8, 4) is 5.75 Å². The third-order valence-corrected chi connectivity index (χ3v) is 4.26. The second kappa shape index (κ2) is 8.19. The molecule has 0 aliphatic heterocycles. The summed E-state index contributed by atoms with van der Waals surface area (Å²) in [5.74, 6) is -0.507. The predicted molar refractivity (Wildman–Crippen MR) is 104 cm³/mol. The van der Waals surface area contributed by atoms with Crippen LogP contribution in [0.3, 0.4) is 0 Å². The number of ether oxygens (including phenoxy) is 1. The van der Waals surface area contributed by atoms with E-state index in [0.717, 1.165) is 10.1 Å². The van der Waals surface area contributed by atoms with E-state index in [2.05, 4.69) is 15.3 Å². The second-order valence-electron chi connectivity index (χ2n) is 6.56. The highest BCUT2D eigenvalue weighted by molar-refractivity contribution is 5.76. The molecule has 1 unspecified atom stereocenters. The molecule has 3 aromatic rings. The third kappa shape index (κ3) is 4.46. The summed E-state index contributed by atoms with van der Waals surface area (Å²) in [6.45, 7) is 1.32. The number of aryl methyl sites for hydroxylation is 2. The first-order valence-electron chi connectivity index (χ1n) is 8.79. The van der Waals surface area contributed by atoms with Gasteiger partial charge in [0.2, 0.25) is 5.95 Å². The minimum atomic E-state index is -1.13. The molecule has 3 rings (SSSR count). The summed E-state index contributed by atoms with van der Waals surface area (Å²) < 4.78 is 8.02. The number of hydrogen-bond acceptors (Lipinski definition) is 7. The van der Waals surface area contributed by atoms with Gasteiger partial charge in [-0.1, -0.05) is 17.7 Å². The van der Waals surface area contributed by atoms with Gasteiger partial charge in [-0.15, -0.1) is 0 Å². The molecule has 11 heteroatoms. The van der Waals surface area contributed by atoms with Crippen LogP contribution in [0.4, 0.5) is 5.95 Å². The maximum Gasteiger partial charge on any atom is 0.329 e. The molecule has 154 valence electrons. The van der Waals surface area contributed by atoms with E-state index in [1.807, 2.05) is 19.1 Å². The molecule has 2 aromatic heterocycles. The van der Waals surface area contributed by atoms with Gasteiger partial charge in [0, 0.05) is 7.05 Å². The van der Waals surface area contributed by atoms with Crippen molar-refractivity contribution in [1.29, 1.82) is 0 Å². The van der Waals surface area contributed by atoms with Crippen molar-refractivity contribution in [1.82, 2.24) is 19.1 Å². The van der Waals surface area contributed by atoms with Crippen LogP contribution in [0.1, 0.15) is 5.56 Å². The van der Waals surface area contributed by atoms with Crippen molar-refractivity contribution in [3.05, 3.63) is 50.7 Å². The minimum absolute atomic E-state index is 0.0365. The Balaban J connectivity index is 1.89. The van der Waals surface area contributed by atoms with Gasteiger partial charge in [-0.05, 0) is 19.1 Å². The Kier molecular flexibility index (Phi) is 5.69. The predicted octanol–water partition coefficient (Wildman–Crippen LogP) is -0.332. The molecule has 29 heavy (non-hydrogen) atoms. The average molecular weight is 403 g/mol. The lowest BCUT2D eigenvalue weighted by Crippen LogP contribution is -2.31. The Morgan fingerprint density at radius 1 is 1.31 bits per heavy atom. The van der Waals surface area contributed by atoms with Gasteiger partial charge in [0.05, 0.1) is 6.54 Å². The van der Waals surface area contributed by atoms with Crippen LogP contribution in [-0.4, -0.2) is 54.5 Å². The maximum atomic E-state index is 12.3. The summed E-state index contributed by atoms with van der Waals surface area (Å²) in [7, 11) is 1.43. The molecule has 0 bridgehead atoms. The number of nitrogens with one attached hydrogen (secondary N) is 2. The summed E-state index contributed by atoms with van der Waals surface area (Å²) in [5.41, 5.74) is -0.166. The van der Waals surface area contributed by atoms with Crippen molar-refractivity contribution in [3.63, 3.8) is 0 Å². The molecule has 0 fully saturated rings. The first-order valence-corrected chi connectivity index (χ1v) is 8.79. The number of aliphatic hydroxyl groups is 1. The molecule has 2 heterocycles. The van der Waals surface area contributed by atoms with Gasteiger partial charge < -0.3 is 24.8 Å². The summed E-state index contributed by atoms with van der Waals surface area (Å²) in [6, 6.07) is 7.29. The lowest BCUT2D eigenvalue weighted by atomic mass is 10.2. The van der Waals surface area contributed by atoms with E-state index in [1.165, 1.54) is 11.6 Å². The molecule has 4 N–H and O–H groups in total. The number of carbonyl (C=O) groups is 1. The molecule has 0 aliphatic carbocycles. The number of rotatable bonds is 8. The number of aliphatic hydroxyl groups excluding tert-OH is 1. The number of aliphatic carboxylic acids is 1. The van der Waals surface area contributed by atoms with E-state index in [1.54, 1.807) is 12.1 Å². The average Bonchev–Trinajstić information content (AvgIpc) is 3.03. The second-order valence-corrected chi connectivity index (χ2v) is 6.56. The number of nitrogens with zero attached hydrogens (tertiary/aromatic N) is 3. The monoisotopic (exact) mass is 403 g/mol. The molecule has 1 atom stereocenters. The smallest absolute Gasteiger partial charge is 0.329 e. The molecule has 0 saturated carbocycles. The van der Waals surface area contributed by atoms with Gasteiger partial charge in [-0.2, -0.15) is 4.98 Å². The van der Waals surface area contributed by atoms with Gasteiger partial charge in [0.1, 0.15) is 25.0 Å². The molecular weight excluding hydrogens is 382 g/mol. The SMILES string of the molecule is Cc1ccc(OCC(O)Cn2c(NCC(=O)O)nc3c2c(=O)[nH]c(=O)n3C)cc1. The fraction of sp³-hybridized carbons (Fsp3) is 0.333. The number of hydrogen-bond donors (Lipinski definition) is 4. The molecule has 0 saturated heterocycles. The molecule has 0 aliphatic rings. The van der Waals surface area contributed by atoms with Crippen LogP contribution >= 0.6 is 0 Å². The standard InChI is InChI=1S/C18H21N5O6/c1-10-3-5-12(6-4-10)29-9-11(24)8-23-14-15(20-17(23)19-7-13(25)26)22(2)18(28)21-16(14)27/h3-6,11,24H,7-9H2,1-2H3,(H,19,20)(H,25,26)(H,21,27,28). The molecule has 11 nitrogen and oxygen atoms in total. The summed E-state index contributed by atoms with van der Waals surface area (Å²) >= 11 is 0. The van der Waals surface area contributed by atoms with Crippen LogP contribution < -0.4 is 21.3 Å². The molecular formula is C18H21N5O6. The number of carboxylic acids is 1. The number of aromatic nitrogens is 4. The fourth-order valence-corrected chi connectivity index (χ4v) is 2.79. The van der Waals surface area contributed by atoms with E-state index >= 15 is 0 Å². The number of benzene rings is 1. The largest absolute Gasteiger partial charge is 0.491 e. The number of carboxylic acid groups (broad SMARTS) is 1. The van der Waals surface area contributed by atoms with Gasteiger partial charge in [-0.3, -0.25) is 19.1 Å². The van der Waals surface area contributed by atoms with E-state index in [4.69, 9.17) is 9.84 Å². The van der Waals surface area contributed by atoms with Gasteiger partial charge in [-0.25, -0.2) is 4.79 Å². The van der Waals surface area contributed by atoms with E-state index in [0.29, 0.717) is 5.75 Å². The summed E-state index contributed by atoms with van der Waals surface area (Å²) in [4.78, 5) is 41.4. The van der Waals surface area contributed by atoms with Gasteiger partial charge >= 0.3 is 11.7 Å². The Hall–Kier alpha value is -3.60. The molecule has 0 radical (unpaired) electrons. The third-order valence-electron chi connectivity index (χ3n) is 4.26. The fourth-order valence-electron chi connectivity index (χ4n) is 2.79. The zero-order valence-corrected chi connectivity index (χ0v) is 15.9. The van der Waals surface area contributed by atoms with Crippen LogP contribution in [0.25, 0.3) is 11.2 Å². The van der Waals surface area contributed by atoms with E-state index in [-0.39, 0.29) is 30.3 Å². The van der Waals surface area contributed by atoms with Crippen molar-refractivity contribution < 1.29 is 19.7 Å². The van der Waals surface area contributed by atoms with Crippen molar-refractivity contribution in [2.24, 2.45) is 7.05 Å². The summed E-state index contributed by atoms with van der Waals surface area (Å²) in [6.07, 6.45) is -1.03. The van der Waals surface area contributed by atoms with Crippen LogP contribution in [0.2, 0.25) is 0 Å². The van der Waals surface area contributed by atoms with Crippen molar-refractivity contribution in [2.75, 3.05) is 18.5 Å². The Bertz CT molecular complexity index is 1140. The highest BCUT2D eigenvalue weighted by Gasteiger charge is 2.20. The van der Waals surface area contributed by atoms with Gasteiger partial charge in [0.15, 0.2) is 11.2 Å². The maximum absolute atomic E-state index is 12.3. The van der Waals surface area contributed by atoms with Crippen LogP contribution in [0, 0.1) is 6.92 Å². The minimum Gasteiger partial charge on any atom is -0.491 e. The van der Waals surface area contributed by atoms with E-state index < -0.39 is 29.9 Å². The van der Waals surface area contributed by atoms with Crippen LogP contribution in [-0.2, 0) is 18.4 Å². The van der Waals surface area contributed by atoms with Gasteiger partial charge in [0.25, 0.3) is 5.56 Å². The first-order chi connectivity index (χ1) is 13.8. The number of anilines is 1. The van der Waals surface area contributed by atoms with Crippen LogP contribution in [0.5, 0.6) is 5.75 Å². The number of H-pyrrole nitrogens is 1. The van der Waals surface area contributed by atoms with Crippen molar-refractivity contribution >= 4 is 23.1 Å². The van der Waals surface area contributed by atoms with Crippen LogP contribution in [0.15, 0.2) is 33.9 Å². The zero-order chi connectivity index (χ0) is 21.1. The number of imidazole rings is 1. The highest BCUT2D eigenvalue weighted by atomic mass is 16.5. The highest BCUT2D eigenvalue weighted by Crippen LogP contribution is 2.17. The number of aromatic amines is 1. The normalized spacial score (nSPS) is 12.1. The zero-order valence-electron chi connectivity index (χ0n) is 15.9. The Morgan fingerprint density at radius 3 is 2.66 bits per heavy atom. The number of fused-ring (bicyclic) bond motifs is 1.